The molecule has 35 heavy (non-hydrogen) atoms. The van der Waals surface area contributed by atoms with Crippen LogP contribution < -0.4 is 10.6 Å². The molecule has 3 aromatic rings. The van der Waals surface area contributed by atoms with Crippen LogP contribution in [-0.2, 0) is 17.5 Å². The van der Waals surface area contributed by atoms with Crippen LogP contribution in [0.3, 0.4) is 0 Å². The smallest absolute Gasteiger partial charge is 0.416 e. The van der Waals surface area contributed by atoms with Crippen molar-refractivity contribution >= 4 is 29.3 Å². The largest absolute Gasteiger partial charge is 0.480 e. The highest BCUT2D eigenvalue weighted by atomic mass is 19.4. The number of carboxylic acid groups (broad SMARTS) is 1. The van der Waals surface area contributed by atoms with Crippen LogP contribution in [0.2, 0.25) is 0 Å². The minimum Gasteiger partial charge on any atom is -0.480 e. The number of benzene rings is 3. The Morgan fingerprint density at radius 2 is 1.60 bits per heavy atom. The zero-order chi connectivity index (χ0) is 25.3. The molecule has 0 bridgehead atoms. The Bertz CT molecular complexity index is 1310. The van der Waals surface area contributed by atoms with Gasteiger partial charge in [0.05, 0.1) is 5.56 Å². The van der Waals surface area contributed by atoms with Crippen molar-refractivity contribution in [3.8, 4) is 11.1 Å². The van der Waals surface area contributed by atoms with Crippen molar-refractivity contribution in [2.45, 2.75) is 25.7 Å². The lowest BCUT2D eigenvalue weighted by Crippen LogP contribution is -2.38. The highest BCUT2D eigenvalue weighted by Gasteiger charge is 2.34. The van der Waals surface area contributed by atoms with Crippen LogP contribution in [0.15, 0.2) is 66.7 Å². The van der Waals surface area contributed by atoms with Gasteiger partial charge in [-0.05, 0) is 66.1 Å². The molecule has 3 amide bonds. The van der Waals surface area contributed by atoms with E-state index in [0.717, 1.165) is 28.8 Å². The predicted molar refractivity (Wildman–Crippen MR) is 123 cm³/mol. The molecule has 4 rings (SSSR count). The van der Waals surface area contributed by atoms with Gasteiger partial charge in [0.1, 0.15) is 6.04 Å². The number of anilines is 2. The lowest BCUT2D eigenvalue weighted by atomic mass is 10.0. The molecule has 0 saturated heterocycles. The summed E-state index contributed by atoms with van der Waals surface area (Å²) in [7, 11) is 0. The zero-order valence-corrected chi connectivity index (χ0v) is 18.4. The summed E-state index contributed by atoms with van der Waals surface area (Å²) in [6.45, 7) is 1.66. The number of hydrogen-bond donors (Lipinski definition) is 3. The van der Waals surface area contributed by atoms with Crippen LogP contribution in [0.5, 0.6) is 0 Å². The van der Waals surface area contributed by atoms with Crippen LogP contribution in [0, 0.1) is 0 Å². The van der Waals surface area contributed by atoms with E-state index in [2.05, 4.69) is 10.6 Å². The van der Waals surface area contributed by atoms with Crippen LogP contribution in [0.4, 0.5) is 29.3 Å². The number of alkyl halides is 3. The maximum atomic E-state index is 12.8. The standard InChI is InChI=1S/C25H20F3N3O4/c1-14(23(33)34)31-13-17-11-16(7-10-21(17)22(31)32)15-5-8-19(9-6-15)29-24(35)30-20-4-2-3-18(12-20)25(26,27)28/h2-12,14H,13H2,1H3,(H,33,34)(H2,29,30,35)/t14-/m0/s1. The molecule has 1 heterocycles. The number of aliphatic carboxylic acids is 1. The van der Waals surface area contributed by atoms with E-state index in [0.29, 0.717) is 11.3 Å². The minimum absolute atomic E-state index is 0.00731. The molecule has 3 aromatic carbocycles. The first-order chi connectivity index (χ1) is 16.5. The van der Waals surface area contributed by atoms with Crippen LogP contribution in [-0.4, -0.2) is 34.0 Å². The summed E-state index contributed by atoms with van der Waals surface area (Å²) in [4.78, 5) is 37.3. The van der Waals surface area contributed by atoms with Gasteiger partial charge in [0.15, 0.2) is 0 Å². The van der Waals surface area contributed by atoms with Crippen molar-refractivity contribution in [2.75, 3.05) is 10.6 Å². The number of halogens is 3. The van der Waals surface area contributed by atoms with E-state index in [1.54, 1.807) is 36.4 Å². The van der Waals surface area contributed by atoms with Gasteiger partial charge < -0.3 is 20.6 Å². The Labute approximate surface area is 198 Å². The lowest BCUT2D eigenvalue weighted by Gasteiger charge is -2.19. The molecule has 0 radical (unpaired) electrons. The summed E-state index contributed by atoms with van der Waals surface area (Å²) in [6, 6.07) is 14.7. The fourth-order valence-electron chi connectivity index (χ4n) is 3.78. The Morgan fingerprint density at radius 3 is 2.26 bits per heavy atom. The Balaban J connectivity index is 1.43. The van der Waals surface area contributed by atoms with E-state index in [9.17, 15) is 32.7 Å². The average Bonchev–Trinajstić information content (AvgIpc) is 3.14. The summed E-state index contributed by atoms with van der Waals surface area (Å²) >= 11 is 0. The fourth-order valence-corrected chi connectivity index (χ4v) is 3.78. The number of carbonyl (C=O) groups is 3. The maximum absolute atomic E-state index is 12.8. The van der Waals surface area contributed by atoms with E-state index in [-0.39, 0.29) is 18.1 Å². The van der Waals surface area contributed by atoms with Crippen LogP contribution in [0.25, 0.3) is 11.1 Å². The van der Waals surface area contributed by atoms with Gasteiger partial charge in [-0.1, -0.05) is 24.3 Å². The van der Waals surface area contributed by atoms with Crippen LogP contribution >= 0.6 is 0 Å². The molecular weight excluding hydrogens is 463 g/mol. The maximum Gasteiger partial charge on any atom is 0.416 e. The molecule has 7 nitrogen and oxygen atoms in total. The number of carboxylic acids is 1. The van der Waals surface area contributed by atoms with Gasteiger partial charge in [-0.3, -0.25) is 4.79 Å². The molecule has 0 fully saturated rings. The monoisotopic (exact) mass is 483 g/mol. The summed E-state index contributed by atoms with van der Waals surface area (Å²) in [5.74, 6) is -1.40. The van der Waals surface area contributed by atoms with Gasteiger partial charge in [0, 0.05) is 23.5 Å². The third-order valence-electron chi connectivity index (χ3n) is 5.69. The second-order valence-electron chi connectivity index (χ2n) is 8.05. The second kappa shape index (κ2) is 9.13. The molecule has 0 unspecified atom stereocenters. The molecule has 180 valence electrons. The van der Waals surface area contributed by atoms with E-state index in [4.69, 9.17) is 0 Å². The molecule has 0 spiro atoms. The van der Waals surface area contributed by atoms with E-state index >= 15 is 0 Å². The van der Waals surface area contributed by atoms with Gasteiger partial charge in [-0.2, -0.15) is 13.2 Å². The molecular formula is C25H20F3N3O4. The molecule has 0 aliphatic carbocycles. The summed E-state index contributed by atoms with van der Waals surface area (Å²) in [5.41, 5.74) is 2.37. The molecule has 0 aromatic heterocycles. The highest BCUT2D eigenvalue weighted by Crippen LogP contribution is 2.32. The first kappa shape index (κ1) is 23.8. The first-order valence-electron chi connectivity index (χ1n) is 10.6. The number of nitrogens with zero attached hydrogens (tertiary/aromatic N) is 1. The molecule has 0 saturated carbocycles. The van der Waals surface area contributed by atoms with Crippen molar-refractivity contribution in [3.63, 3.8) is 0 Å². The average molecular weight is 483 g/mol. The number of nitrogens with one attached hydrogen (secondary N) is 2. The highest BCUT2D eigenvalue weighted by molar-refractivity contribution is 6.01. The summed E-state index contributed by atoms with van der Waals surface area (Å²) in [6.07, 6.45) is -4.51. The SMILES string of the molecule is C[C@@H](C(=O)O)N1Cc2cc(-c3ccc(NC(=O)Nc4cccc(C(F)(F)F)c4)cc3)ccc2C1=O. The van der Waals surface area contributed by atoms with Gasteiger partial charge in [0.2, 0.25) is 0 Å². The Kier molecular flexibility index (Phi) is 6.21. The molecule has 1 aliphatic heterocycles. The molecule has 3 N–H and O–H groups in total. The van der Waals surface area contributed by atoms with Gasteiger partial charge >= 0.3 is 18.2 Å². The number of urea groups is 1. The molecule has 1 aliphatic rings. The minimum atomic E-state index is -4.51. The number of hydrogen-bond acceptors (Lipinski definition) is 3. The third-order valence-corrected chi connectivity index (χ3v) is 5.69. The van der Waals surface area contributed by atoms with Gasteiger partial charge in [-0.25, -0.2) is 9.59 Å². The zero-order valence-electron chi connectivity index (χ0n) is 18.4. The van der Waals surface area contributed by atoms with Crippen molar-refractivity contribution in [1.82, 2.24) is 4.90 Å². The lowest BCUT2D eigenvalue weighted by molar-refractivity contribution is -0.141. The first-order valence-corrected chi connectivity index (χ1v) is 10.6. The second-order valence-corrected chi connectivity index (χ2v) is 8.05. The predicted octanol–water partition coefficient (Wildman–Crippen LogP) is 5.45. The fraction of sp³-hybridized carbons (Fsp3) is 0.160. The molecule has 10 heteroatoms. The summed E-state index contributed by atoms with van der Waals surface area (Å²) < 4.78 is 38.5. The quantitative estimate of drug-likeness (QED) is 0.450. The Hall–Kier alpha value is -4.34. The van der Waals surface area contributed by atoms with Crippen molar-refractivity contribution in [1.29, 1.82) is 0 Å². The Morgan fingerprint density at radius 1 is 0.943 bits per heavy atom. The molecule has 1 atom stereocenters. The number of carbonyl (C=O) groups excluding carboxylic acids is 2. The van der Waals surface area contributed by atoms with E-state index in [1.165, 1.54) is 24.0 Å². The number of fused-ring (bicyclic) bond motifs is 1. The summed E-state index contributed by atoms with van der Waals surface area (Å²) in [5, 5.41) is 14.2. The van der Waals surface area contributed by atoms with Crippen LogP contribution in [0.1, 0.15) is 28.4 Å². The van der Waals surface area contributed by atoms with Gasteiger partial charge in [0.25, 0.3) is 5.91 Å². The third kappa shape index (κ3) is 5.11. The van der Waals surface area contributed by atoms with E-state index < -0.39 is 29.8 Å². The topological polar surface area (TPSA) is 98.7 Å². The number of rotatable bonds is 5. The van der Waals surface area contributed by atoms with Crippen molar-refractivity contribution < 1.29 is 32.7 Å². The normalized spacial score (nSPS) is 13.8. The number of amides is 3. The van der Waals surface area contributed by atoms with Gasteiger partial charge in [-0.15, -0.1) is 0 Å². The van der Waals surface area contributed by atoms with Crippen molar-refractivity contribution in [2.24, 2.45) is 0 Å². The van der Waals surface area contributed by atoms with Crippen molar-refractivity contribution in [3.05, 3.63) is 83.4 Å². The van der Waals surface area contributed by atoms with E-state index in [1.807, 2.05) is 6.07 Å².